The summed E-state index contributed by atoms with van der Waals surface area (Å²) in [6.45, 7) is 4.05. The Morgan fingerprint density at radius 3 is 2.44 bits per heavy atom. The minimum Gasteiger partial charge on any atom is -0.489 e. The quantitative estimate of drug-likeness (QED) is 0.473. The second-order valence-electron chi connectivity index (χ2n) is 10.3. The molecule has 2 aromatic rings. The van der Waals surface area contributed by atoms with E-state index in [0.717, 1.165) is 57.4 Å². The number of amides is 1. The van der Waals surface area contributed by atoms with E-state index >= 15 is 0 Å². The van der Waals surface area contributed by atoms with Crippen molar-refractivity contribution in [2.24, 2.45) is 5.92 Å². The maximum Gasteiger partial charge on any atom is 0.225 e. The van der Waals surface area contributed by atoms with Gasteiger partial charge in [0, 0.05) is 30.3 Å². The Morgan fingerprint density at radius 1 is 1.03 bits per heavy atom. The van der Waals surface area contributed by atoms with Crippen molar-refractivity contribution in [3.05, 3.63) is 58.1 Å². The molecule has 0 bridgehead atoms. The van der Waals surface area contributed by atoms with Crippen LogP contribution in [0.2, 0.25) is 10.0 Å². The number of aliphatic hydroxyl groups excluding tert-OH is 1. The molecule has 1 saturated carbocycles. The van der Waals surface area contributed by atoms with Gasteiger partial charge in [-0.05, 0) is 93.6 Å². The summed E-state index contributed by atoms with van der Waals surface area (Å²) in [6, 6.07) is 12.8. The van der Waals surface area contributed by atoms with Gasteiger partial charge in [-0.25, -0.2) is 0 Å². The van der Waals surface area contributed by atoms with E-state index in [4.69, 9.17) is 27.9 Å². The standard InChI is InChI=1S/C28H35Cl2N3O3/c29-21-7-9-22(10-8-21)33-15-12-20(17-33)28(35)31-25(18-32-13-1-2-14-32)27(34)19-6-11-26(24(30)16-19)36-23-4-3-5-23/h6-11,16,20,23,25,27,34H,1-5,12-15,17-18H2,(H,31,35)/t20?,25-,27-/m1/s1. The Labute approximate surface area is 223 Å². The first kappa shape index (κ1) is 25.7. The number of carbonyl (C=O) groups is 1. The first-order valence-corrected chi connectivity index (χ1v) is 13.9. The number of nitrogens with zero attached hydrogens (tertiary/aromatic N) is 2. The summed E-state index contributed by atoms with van der Waals surface area (Å²) >= 11 is 12.5. The molecule has 0 radical (unpaired) electrons. The zero-order chi connectivity index (χ0) is 25.1. The van der Waals surface area contributed by atoms with Crippen LogP contribution in [0.25, 0.3) is 0 Å². The molecule has 1 amide bonds. The average molecular weight is 533 g/mol. The molecule has 2 aliphatic heterocycles. The van der Waals surface area contributed by atoms with E-state index in [9.17, 15) is 9.90 Å². The minimum absolute atomic E-state index is 0.00857. The van der Waals surface area contributed by atoms with Gasteiger partial charge >= 0.3 is 0 Å². The fourth-order valence-corrected chi connectivity index (χ4v) is 5.69. The predicted octanol–water partition coefficient (Wildman–Crippen LogP) is 5.07. The normalized spacial score (nSPS) is 22.3. The van der Waals surface area contributed by atoms with Crippen LogP contribution in [-0.4, -0.2) is 60.8 Å². The number of carbonyl (C=O) groups excluding carboxylic acids is 1. The van der Waals surface area contributed by atoms with Crippen LogP contribution in [-0.2, 0) is 4.79 Å². The third kappa shape index (κ3) is 6.10. The Balaban J connectivity index is 1.25. The monoisotopic (exact) mass is 531 g/mol. The lowest BCUT2D eigenvalue weighted by Crippen LogP contribution is -2.48. The number of halogens is 2. The fourth-order valence-electron chi connectivity index (χ4n) is 5.33. The topological polar surface area (TPSA) is 65.0 Å². The van der Waals surface area contributed by atoms with Crippen LogP contribution < -0.4 is 15.0 Å². The molecule has 1 aliphatic carbocycles. The zero-order valence-electron chi connectivity index (χ0n) is 20.5. The van der Waals surface area contributed by atoms with E-state index in [0.29, 0.717) is 34.4 Å². The molecule has 0 spiro atoms. The smallest absolute Gasteiger partial charge is 0.225 e. The third-order valence-corrected chi connectivity index (χ3v) is 8.30. The van der Waals surface area contributed by atoms with E-state index in [1.54, 1.807) is 6.07 Å². The van der Waals surface area contributed by atoms with E-state index in [1.807, 2.05) is 36.4 Å². The van der Waals surface area contributed by atoms with Crippen molar-refractivity contribution >= 4 is 34.8 Å². The van der Waals surface area contributed by atoms with Crippen LogP contribution in [0.15, 0.2) is 42.5 Å². The van der Waals surface area contributed by atoms with Crippen LogP contribution in [0.1, 0.15) is 50.2 Å². The number of nitrogens with one attached hydrogen (secondary N) is 1. The maximum atomic E-state index is 13.3. The van der Waals surface area contributed by atoms with Gasteiger partial charge in [-0.1, -0.05) is 29.3 Å². The van der Waals surface area contributed by atoms with Gasteiger partial charge in [-0.2, -0.15) is 0 Å². The van der Waals surface area contributed by atoms with Gasteiger partial charge in [0.2, 0.25) is 5.91 Å². The summed E-state index contributed by atoms with van der Waals surface area (Å²) in [6.07, 6.45) is 5.75. The number of hydrogen-bond donors (Lipinski definition) is 2. The molecule has 2 aromatic carbocycles. The molecule has 2 saturated heterocycles. The lowest BCUT2D eigenvalue weighted by atomic mass is 9.96. The van der Waals surface area contributed by atoms with Crippen molar-refractivity contribution in [3.8, 4) is 5.75 Å². The largest absolute Gasteiger partial charge is 0.489 e. The van der Waals surface area contributed by atoms with Gasteiger partial charge in [-0.3, -0.25) is 4.79 Å². The third-order valence-electron chi connectivity index (χ3n) is 7.76. The fraction of sp³-hybridized carbons (Fsp3) is 0.536. The molecule has 8 heteroatoms. The average Bonchev–Trinajstić information content (AvgIpc) is 3.54. The summed E-state index contributed by atoms with van der Waals surface area (Å²) in [4.78, 5) is 17.9. The van der Waals surface area contributed by atoms with Crippen molar-refractivity contribution < 1.29 is 14.6 Å². The maximum absolute atomic E-state index is 13.3. The van der Waals surface area contributed by atoms with Gasteiger partial charge in [0.05, 0.1) is 23.1 Å². The highest BCUT2D eigenvalue weighted by Gasteiger charge is 2.33. The second-order valence-corrected chi connectivity index (χ2v) is 11.2. The van der Waals surface area contributed by atoms with Crippen molar-refractivity contribution in [2.45, 2.75) is 56.8 Å². The molecular formula is C28H35Cl2N3O3. The summed E-state index contributed by atoms with van der Waals surface area (Å²) < 4.78 is 5.97. The summed E-state index contributed by atoms with van der Waals surface area (Å²) in [5.41, 5.74) is 1.77. The Kier molecular flexibility index (Phi) is 8.26. The molecule has 2 N–H and O–H groups in total. The lowest BCUT2D eigenvalue weighted by molar-refractivity contribution is -0.126. The zero-order valence-corrected chi connectivity index (χ0v) is 22.1. The first-order chi connectivity index (χ1) is 17.5. The first-order valence-electron chi connectivity index (χ1n) is 13.1. The molecular weight excluding hydrogens is 497 g/mol. The molecule has 2 heterocycles. The Morgan fingerprint density at radius 2 is 1.78 bits per heavy atom. The van der Waals surface area contributed by atoms with E-state index in [2.05, 4.69) is 15.1 Å². The van der Waals surface area contributed by atoms with Crippen LogP contribution in [0.4, 0.5) is 5.69 Å². The van der Waals surface area contributed by atoms with Crippen LogP contribution >= 0.6 is 23.2 Å². The van der Waals surface area contributed by atoms with Gasteiger partial charge in [0.25, 0.3) is 0 Å². The number of ether oxygens (including phenoxy) is 1. The molecule has 5 rings (SSSR count). The number of benzene rings is 2. The molecule has 3 aliphatic rings. The molecule has 194 valence electrons. The minimum atomic E-state index is -0.862. The van der Waals surface area contributed by atoms with Crippen molar-refractivity contribution in [2.75, 3.05) is 37.6 Å². The van der Waals surface area contributed by atoms with E-state index in [-0.39, 0.29) is 17.9 Å². The summed E-state index contributed by atoms with van der Waals surface area (Å²) in [7, 11) is 0. The highest BCUT2D eigenvalue weighted by Crippen LogP contribution is 2.33. The van der Waals surface area contributed by atoms with Crippen molar-refractivity contribution in [3.63, 3.8) is 0 Å². The number of aliphatic hydroxyl groups is 1. The SMILES string of the molecule is O=C(N[C@H](CN1CCCC1)[C@H](O)c1ccc(OC2CCC2)c(Cl)c1)C1CCN(c2ccc(Cl)cc2)C1. The van der Waals surface area contributed by atoms with E-state index in [1.165, 1.54) is 6.42 Å². The van der Waals surface area contributed by atoms with Gasteiger partial charge in [0.15, 0.2) is 0 Å². The number of likely N-dealkylation sites (tertiary alicyclic amines) is 1. The van der Waals surface area contributed by atoms with Crippen LogP contribution in [0, 0.1) is 5.92 Å². The van der Waals surface area contributed by atoms with Crippen LogP contribution in [0.5, 0.6) is 5.75 Å². The summed E-state index contributed by atoms with van der Waals surface area (Å²) in [5, 5.41) is 15.8. The molecule has 1 unspecified atom stereocenters. The Hall–Kier alpha value is -1.99. The molecule has 3 atom stereocenters. The van der Waals surface area contributed by atoms with Crippen molar-refractivity contribution in [1.82, 2.24) is 10.2 Å². The molecule has 3 fully saturated rings. The predicted molar refractivity (Wildman–Crippen MR) is 144 cm³/mol. The molecule has 36 heavy (non-hydrogen) atoms. The summed E-state index contributed by atoms with van der Waals surface area (Å²) in [5.74, 6) is 0.521. The number of anilines is 1. The van der Waals surface area contributed by atoms with Crippen LogP contribution in [0.3, 0.4) is 0 Å². The molecule has 6 nitrogen and oxygen atoms in total. The number of rotatable bonds is 9. The van der Waals surface area contributed by atoms with Crippen molar-refractivity contribution in [1.29, 1.82) is 0 Å². The van der Waals surface area contributed by atoms with Gasteiger partial charge in [0.1, 0.15) is 11.9 Å². The highest BCUT2D eigenvalue weighted by atomic mass is 35.5. The van der Waals surface area contributed by atoms with E-state index < -0.39 is 12.1 Å². The highest BCUT2D eigenvalue weighted by molar-refractivity contribution is 6.32. The Bertz CT molecular complexity index is 1040. The molecule has 0 aromatic heterocycles. The number of hydrogen-bond acceptors (Lipinski definition) is 5. The van der Waals surface area contributed by atoms with Gasteiger partial charge in [-0.15, -0.1) is 0 Å². The lowest BCUT2D eigenvalue weighted by Gasteiger charge is -2.30. The second kappa shape index (κ2) is 11.6. The van der Waals surface area contributed by atoms with Gasteiger partial charge < -0.3 is 25.0 Å².